The predicted molar refractivity (Wildman–Crippen MR) is 112 cm³/mol. The van der Waals surface area contributed by atoms with E-state index in [0.29, 0.717) is 27.2 Å². The lowest BCUT2D eigenvalue weighted by Gasteiger charge is -2.08. The van der Waals surface area contributed by atoms with Crippen molar-refractivity contribution in [1.29, 1.82) is 5.26 Å². The Morgan fingerprint density at radius 3 is 2.69 bits per heavy atom. The predicted octanol–water partition coefficient (Wildman–Crippen LogP) is 4.44. The zero-order chi connectivity index (χ0) is 20.6. The minimum atomic E-state index is -0.356. The first-order valence-electron chi connectivity index (χ1n) is 8.36. The number of nitrogens with zero attached hydrogens (tertiary/aromatic N) is 3. The van der Waals surface area contributed by atoms with Gasteiger partial charge >= 0.3 is 0 Å². The molecule has 2 aromatic carbocycles. The van der Waals surface area contributed by atoms with Crippen LogP contribution in [0.25, 0.3) is 11.1 Å². The summed E-state index contributed by atoms with van der Waals surface area (Å²) in [7, 11) is 1.51. The maximum Gasteiger partial charge on any atom is 0.286 e. The molecule has 0 radical (unpaired) electrons. The second-order valence-electron chi connectivity index (χ2n) is 5.58. The van der Waals surface area contributed by atoms with Crippen molar-refractivity contribution < 1.29 is 14.3 Å². The molecule has 146 valence electrons. The van der Waals surface area contributed by atoms with Crippen LogP contribution in [0.4, 0.5) is 5.69 Å². The lowest BCUT2D eigenvalue weighted by Crippen LogP contribution is -2.11. The first-order chi connectivity index (χ1) is 14.1. The number of para-hydroxylation sites is 1. The van der Waals surface area contributed by atoms with Crippen LogP contribution in [-0.2, 0) is 0 Å². The Labute approximate surface area is 176 Å². The zero-order valence-electron chi connectivity index (χ0n) is 15.3. The highest BCUT2D eigenvalue weighted by molar-refractivity contribution is 7.15. The summed E-state index contributed by atoms with van der Waals surface area (Å²) >= 11 is 7.45. The number of nitrogens with one attached hydrogen (secondary N) is 1. The number of aromatic nitrogens is 2. The number of carbonyl (C=O) groups excluding carboxylic acids is 1. The van der Waals surface area contributed by atoms with E-state index >= 15 is 0 Å². The molecule has 1 heterocycles. The zero-order valence-corrected chi connectivity index (χ0v) is 16.8. The summed E-state index contributed by atoms with van der Waals surface area (Å²) in [6.45, 7) is -0.0785. The van der Waals surface area contributed by atoms with Gasteiger partial charge in [-0.05, 0) is 35.9 Å². The van der Waals surface area contributed by atoms with E-state index < -0.39 is 0 Å². The largest absolute Gasteiger partial charge is 0.493 e. The monoisotopic (exact) mass is 426 g/mol. The molecule has 1 aromatic heterocycles. The van der Waals surface area contributed by atoms with Gasteiger partial charge in [0.1, 0.15) is 6.07 Å². The van der Waals surface area contributed by atoms with Crippen LogP contribution >= 0.6 is 22.9 Å². The van der Waals surface area contributed by atoms with Gasteiger partial charge in [-0.3, -0.25) is 4.79 Å². The highest BCUT2D eigenvalue weighted by atomic mass is 35.5. The van der Waals surface area contributed by atoms with E-state index in [1.807, 2.05) is 24.3 Å². The van der Waals surface area contributed by atoms with Gasteiger partial charge in [0.25, 0.3) is 5.91 Å². The number of anilines is 1. The molecule has 0 spiro atoms. The maximum absolute atomic E-state index is 12.3. The summed E-state index contributed by atoms with van der Waals surface area (Å²) < 4.78 is 10.6. The van der Waals surface area contributed by atoms with E-state index in [9.17, 15) is 4.79 Å². The lowest BCUT2D eigenvalue weighted by molar-refractivity contribution is 0.102. The van der Waals surface area contributed by atoms with Gasteiger partial charge in [-0.15, -0.1) is 10.2 Å². The van der Waals surface area contributed by atoms with Crippen LogP contribution in [0.2, 0.25) is 0 Å². The van der Waals surface area contributed by atoms with Gasteiger partial charge in [0.2, 0.25) is 5.01 Å². The molecule has 3 rings (SSSR count). The fraction of sp³-hybridized carbons (Fsp3) is 0.100. The van der Waals surface area contributed by atoms with Crippen LogP contribution in [-0.4, -0.2) is 29.8 Å². The molecule has 7 nitrogen and oxygen atoms in total. The number of ether oxygens (including phenoxy) is 2. The van der Waals surface area contributed by atoms with Crippen LogP contribution in [0.1, 0.15) is 20.4 Å². The Balaban J connectivity index is 1.75. The molecule has 3 aromatic rings. The minimum absolute atomic E-state index is 0.0785. The average Bonchev–Trinajstić information content (AvgIpc) is 3.24. The van der Waals surface area contributed by atoms with Gasteiger partial charge in [0.05, 0.1) is 12.1 Å². The molecule has 0 aliphatic rings. The fourth-order valence-corrected chi connectivity index (χ4v) is 3.25. The molecule has 0 saturated heterocycles. The average molecular weight is 427 g/mol. The van der Waals surface area contributed by atoms with Crippen molar-refractivity contribution in [3.05, 3.63) is 64.1 Å². The van der Waals surface area contributed by atoms with Crippen LogP contribution in [0.5, 0.6) is 11.5 Å². The summed E-state index contributed by atoms with van der Waals surface area (Å²) in [6, 6.07) is 16.2. The number of benzene rings is 2. The van der Waals surface area contributed by atoms with E-state index in [1.54, 1.807) is 36.4 Å². The number of nitriles is 1. The van der Waals surface area contributed by atoms with Crippen molar-refractivity contribution >= 4 is 45.6 Å². The second-order valence-corrected chi connectivity index (χ2v) is 6.97. The van der Waals surface area contributed by atoms with E-state index in [-0.39, 0.29) is 17.5 Å². The van der Waals surface area contributed by atoms with Gasteiger partial charge in [0, 0.05) is 5.69 Å². The summed E-state index contributed by atoms with van der Waals surface area (Å²) in [5.74, 6) is 0.571. The Hall–Kier alpha value is -3.41. The lowest BCUT2D eigenvalue weighted by atomic mass is 10.2. The smallest absolute Gasteiger partial charge is 0.286 e. The van der Waals surface area contributed by atoms with Crippen molar-refractivity contribution in [3.63, 3.8) is 0 Å². The van der Waals surface area contributed by atoms with Gasteiger partial charge < -0.3 is 14.8 Å². The molecule has 9 heteroatoms. The van der Waals surface area contributed by atoms with E-state index in [1.165, 1.54) is 7.11 Å². The first-order valence-corrected chi connectivity index (χ1v) is 9.55. The fourth-order valence-electron chi connectivity index (χ4n) is 2.33. The standard InChI is InChI=1S/C20H15ClN4O3S/c1-27-17-12-13(7-8-16(17)28-10-9-22)11-15(21)19-24-25-20(29-19)18(26)23-14-5-3-2-4-6-14/h2-8,11-12H,10H2,1H3,(H,23,26). The normalized spacial score (nSPS) is 10.9. The van der Waals surface area contributed by atoms with Crippen LogP contribution in [0.15, 0.2) is 48.5 Å². The number of rotatable bonds is 7. The number of hydrogen-bond donors (Lipinski definition) is 1. The molecule has 0 saturated carbocycles. The summed E-state index contributed by atoms with van der Waals surface area (Å²) in [4.78, 5) is 12.3. The number of methoxy groups -OCH3 is 1. The van der Waals surface area contributed by atoms with Crippen molar-refractivity contribution in [2.45, 2.75) is 0 Å². The maximum atomic E-state index is 12.3. The Kier molecular flexibility index (Phi) is 6.79. The quantitative estimate of drug-likeness (QED) is 0.599. The third-order valence-electron chi connectivity index (χ3n) is 3.63. The highest BCUT2D eigenvalue weighted by Crippen LogP contribution is 2.31. The molecule has 0 unspecified atom stereocenters. The second kappa shape index (κ2) is 9.68. The van der Waals surface area contributed by atoms with Gasteiger partial charge in [-0.1, -0.05) is 47.2 Å². The number of carbonyl (C=O) groups is 1. The number of amides is 1. The van der Waals surface area contributed by atoms with Crippen molar-refractivity contribution in [3.8, 4) is 17.6 Å². The summed E-state index contributed by atoms with van der Waals surface area (Å²) in [5, 5.41) is 20.2. The van der Waals surface area contributed by atoms with Gasteiger partial charge in [-0.2, -0.15) is 5.26 Å². The molecular weight excluding hydrogens is 412 g/mol. The first kappa shape index (κ1) is 20.3. The third kappa shape index (κ3) is 5.31. The Bertz CT molecular complexity index is 1080. The Morgan fingerprint density at radius 2 is 1.97 bits per heavy atom. The van der Waals surface area contributed by atoms with Crippen LogP contribution in [0, 0.1) is 11.3 Å². The van der Waals surface area contributed by atoms with Gasteiger partial charge in [0.15, 0.2) is 23.1 Å². The summed E-state index contributed by atoms with van der Waals surface area (Å²) in [6.07, 6.45) is 1.68. The van der Waals surface area contributed by atoms with E-state index in [4.69, 9.17) is 26.3 Å². The molecular formula is C20H15ClN4O3S. The van der Waals surface area contributed by atoms with E-state index in [0.717, 1.165) is 16.9 Å². The van der Waals surface area contributed by atoms with Crippen LogP contribution < -0.4 is 14.8 Å². The third-order valence-corrected chi connectivity index (χ3v) is 4.98. The molecule has 0 atom stereocenters. The molecule has 0 aliphatic heterocycles. The SMILES string of the molecule is COc1cc(C=C(Cl)c2nnc(C(=O)Nc3ccccc3)s2)ccc1OCC#N. The molecule has 0 aliphatic carbocycles. The molecule has 0 fully saturated rings. The molecule has 29 heavy (non-hydrogen) atoms. The molecule has 1 N–H and O–H groups in total. The van der Waals surface area contributed by atoms with Crippen molar-refractivity contribution in [2.24, 2.45) is 0 Å². The summed E-state index contributed by atoms with van der Waals surface area (Å²) in [5.41, 5.74) is 1.41. The minimum Gasteiger partial charge on any atom is -0.493 e. The van der Waals surface area contributed by atoms with E-state index in [2.05, 4.69) is 15.5 Å². The van der Waals surface area contributed by atoms with Crippen LogP contribution in [0.3, 0.4) is 0 Å². The topological polar surface area (TPSA) is 97.1 Å². The van der Waals surface area contributed by atoms with Crippen molar-refractivity contribution in [1.82, 2.24) is 10.2 Å². The Morgan fingerprint density at radius 1 is 1.21 bits per heavy atom. The number of hydrogen-bond acceptors (Lipinski definition) is 7. The molecule has 1 amide bonds. The number of halogens is 1. The highest BCUT2D eigenvalue weighted by Gasteiger charge is 2.15. The van der Waals surface area contributed by atoms with Crippen molar-refractivity contribution in [2.75, 3.05) is 19.0 Å². The van der Waals surface area contributed by atoms with Gasteiger partial charge in [-0.25, -0.2) is 0 Å². The molecule has 0 bridgehead atoms.